The molecule has 1 aliphatic heterocycles. The number of halogens is 1. The molecule has 2 aliphatic carbocycles. The van der Waals surface area contributed by atoms with Gasteiger partial charge in [-0.25, -0.2) is 9.38 Å². The minimum atomic E-state index is -0.232. The Morgan fingerprint density at radius 1 is 1.22 bits per heavy atom. The Balaban J connectivity index is 1.47. The van der Waals surface area contributed by atoms with Gasteiger partial charge in [-0.05, 0) is 48.8 Å². The Bertz CT molecular complexity index is 794. The van der Waals surface area contributed by atoms with Crippen LogP contribution in [-0.2, 0) is 9.53 Å². The summed E-state index contributed by atoms with van der Waals surface area (Å²) >= 11 is 0. The lowest BCUT2D eigenvalue weighted by Crippen LogP contribution is -2.49. The van der Waals surface area contributed by atoms with E-state index >= 15 is 0 Å². The molecule has 0 spiro atoms. The number of hydrogen-bond acceptors (Lipinski definition) is 4. The lowest BCUT2D eigenvalue weighted by Gasteiger charge is -2.35. The molecule has 4 atom stereocenters. The fourth-order valence-corrected chi connectivity index (χ4v) is 5.26. The van der Waals surface area contributed by atoms with Gasteiger partial charge in [0, 0.05) is 39.8 Å². The lowest BCUT2D eigenvalue weighted by molar-refractivity contribution is -0.127. The highest BCUT2D eigenvalue weighted by Crippen LogP contribution is 2.44. The molecule has 7 nitrogen and oxygen atoms in total. The summed E-state index contributed by atoms with van der Waals surface area (Å²) in [6.07, 6.45) is 5.09. The van der Waals surface area contributed by atoms with E-state index in [4.69, 9.17) is 4.74 Å². The van der Waals surface area contributed by atoms with E-state index in [9.17, 15) is 9.18 Å². The number of rotatable bonds is 7. The molecule has 1 amide bonds. The number of nitrogens with one attached hydrogen (secondary N) is 2. The van der Waals surface area contributed by atoms with Crippen LogP contribution in [0.15, 0.2) is 29.3 Å². The fraction of sp³-hybridized carbons (Fsp3) is 0.667. The first kappa shape index (κ1) is 23.0. The highest BCUT2D eigenvalue weighted by Gasteiger charge is 2.40. The van der Waals surface area contributed by atoms with Crippen LogP contribution in [0.3, 0.4) is 0 Å². The molecule has 2 saturated carbocycles. The number of carbonyl (C=O) groups excluding carboxylic acids is 1. The van der Waals surface area contributed by atoms with Crippen LogP contribution in [0.2, 0.25) is 0 Å². The van der Waals surface area contributed by atoms with Gasteiger partial charge in [0.1, 0.15) is 12.4 Å². The Hall–Kier alpha value is -2.19. The number of likely N-dealkylation sites (N-methyl/N-ethyl adjacent to an activating group) is 1. The fourth-order valence-electron chi connectivity index (χ4n) is 5.26. The predicted octanol–water partition coefficient (Wildman–Crippen LogP) is 2.01. The first-order chi connectivity index (χ1) is 15.5. The zero-order valence-electron chi connectivity index (χ0n) is 19.2. The van der Waals surface area contributed by atoms with Crippen LogP contribution in [0.25, 0.3) is 0 Å². The van der Waals surface area contributed by atoms with E-state index in [1.54, 1.807) is 19.0 Å². The Morgan fingerprint density at radius 2 is 1.97 bits per heavy atom. The number of guanidine groups is 1. The molecule has 3 fully saturated rings. The van der Waals surface area contributed by atoms with Crippen molar-refractivity contribution in [3.63, 3.8) is 0 Å². The van der Waals surface area contributed by atoms with E-state index in [0.29, 0.717) is 37.7 Å². The molecule has 0 aromatic heterocycles. The van der Waals surface area contributed by atoms with Crippen LogP contribution >= 0.6 is 0 Å². The molecule has 32 heavy (non-hydrogen) atoms. The molecule has 0 radical (unpaired) electrons. The first-order valence-electron chi connectivity index (χ1n) is 11.8. The summed E-state index contributed by atoms with van der Waals surface area (Å²) in [5, 5.41) is 7.13. The highest BCUT2D eigenvalue weighted by molar-refractivity contribution is 5.85. The zero-order valence-corrected chi connectivity index (χ0v) is 19.2. The minimum Gasteiger partial charge on any atom is -0.379 e. The van der Waals surface area contributed by atoms with Gasteiger partial charge in [-0.3, -0.25) is 9.69 Å². The van der Waals surface area contributed by atoms with Crippen molar-refractivity contribution in [1.82, 2.24) is 20.4 Å². The second-order valence-electron chi connectivity index (χ2n) is 9.48. The van der Waals surface area contributed by atoms with Crippen LogP contribution in [0.5, 0.6) is 0 Å². The number of aliphatic imine (C=N–C) groups is 1. The lowest BCUT2D eigenvalue weighted by atomic mass is 9.95. The molecule has 4 rings (SSSR count). The van der Waals surface area contributed by atoms with Gasteiger partial charge in [0.05, 0.1) is 19.3 Å². The molecule has 4 unspecified atom stereocenters. The number of nitrogens with zero attached hydrogens (tertiary/aromatic N) is 3. The largest absolute Gasteiger partial charge is 0.379 e. The van der Waals surface area contributed by atoms with Crippen molar-refractivity contribution >= 4 is 11.9 Å². The number of amides is 1. The molecule has 1 aromatic carbocycles. The van der Waals surface area contributed by atoms with Crippen molar-refractivity contribution in [3.05, 3.63) is 35.6 Å². The monoisotopic (exact) mass is 445 g/mol. The number of ether oxygens (including phenoxy) is 1. The third kappa shape index (κ3) is 5.78. The summed E-state index contributed by atoms with van der Waals surface area (Å²) in [6, 6.07) is 7.22. The van der Waals surface area contributed by atoms with Crippen molar-refractivity contribution in [3.8, 4) is 0 Å². The summed E-state index contributed by atoms with van der Waals surface area (Å²) in [4.78, 5) is 20.7. The normalized spacial score (nSPS) is 26.7. The van der Waals surface area contributed by atoms with E-state index in [0.717, 1.165) is 24.6 Å². The molecular formula is C24H36FN5O2. The van der Waals surface area contributed by atoms with E-state index in [1.165, 1.54) is 37.8 Å². The standard InChI is InChI=1S/C24H36FN5O2/c1-29(2)23(31)16-27-24(28-21-14-17-3-4-19(21)13-17)26-15-22(30-9-11-32-12-10-30)18-5-7-20(25)8-6-18/h5-8,17,19,21-22H,3-4,9-16H2,1-2H3,(H2,26,27,28). The molecular weight excluding hydrogens is 409 g/mol. The second-order valence-corrected chi connectivity index (χ2v) is 9.48. The Labute approximate surface area is 190 Å². The quantitative estimate of drug-likeness (QED) is 0.496. The van der Waals surface area contributed by atoms with Gasteiger partial charge in [0.25, 0.3) is 0 Å². The summed E-state index contributed by atoms with van der Waals surface area (Å²) in [5.74, 6) is 1.96. The van der Waals surface area contributed by atoms with E-state index < -0.39 is 0 Å². The number of benzene rings is 1. The third-order valence-electron chi connectivity index (χ3n) is 7.14. The maximum absolute atomic E-state index is 13.5. The number of morpholine rings is 1. The molecule has 1 heterocycles. The van der Waals surface area contributed by atoms with Crippen molar-refractivity contribution in [1.29, 1.82) is 0 Å². The summed E-state index contributed by atoms with van der Waals surface area (Å²) in [7, 11) is 3.49. The Kier molecular flexibility index (Phi) is 7.63. The maximum Gasteiger partial charge on any atom is 0.243 e. The third-order valence-corrected chi connectivity index (χ3v) is 7.14. The molecule has 2 bridgehead atoms. The topological polar surface area (TPSA) is 69.2 Å². The second kappa shape index (κ2) is 10.6. The first-order valence-corrected chi connectivity index (χ1v) is 11.8. The zero-order chi connectivity index (χ0) is 22.5. The van der Waals surface area contributed by atoms with Gasteiger partial charge in [0.15, 0.2) is 5.96 Å². The van der Waals surface area contributed by atoms with Gasteiger partial charge < -0.3 is 20.3 Å². The smallest absolute Gasteiger partial charge is 0.243 e. The summed E-state index contributed by atoms with van der Waals surface area (Å²) < 4.78 is 19.1. The van der Waals surface area contributed by atoms with Gasteiger partial charge >= 0.3 is 0 Å². The van der Waals surface area contributed by atoms with Crippen LogP contribution in [-0.4, -0.2) is 81.2 Å². The van der Waals surface area contributed by atoms with Gasteiger partial charge in [-0.15, -0.1) is 0 Å². The maximum atomic E-state index is 13.5. The van der Waals surface area contributed by atoms with Gasteiger partial charge in [0.2, 0.25) is 5.91 Å². The van der Waals surface area contributed by atoms with Crippen molar-refractivity contribution < 1.29 is 13.9 Å². The average molecular weight is 446 g/mol. The van der Waals surface area contributed by atoms with Crippen LogP contribution in [0.1, 0.15) is 37.3 Å². The molecule has 3 aliphatic rings. The molecule has 1 aromatic rings. The van der Waals surface area contributed by atoms with Gasteiger partial charge in [-0.2, -0.15) is 0 Å². The van der Waals surface area contributed by atoms with Crippen molar-refractivity contribution in [2.75, 3.05) is 53.5 Å². The molecule has 1 saturated heterocycles. The highest BCUT2D eigenvalue weighted by atomic mass is 19.1. The number of carbonyl (C=O) groups is 1. The van der Waals surface area contributed by atoms with E-state index in [1.807, 2.05) is 12.1 Å². The van der Waals surface area contributed by atoms with Crippen LogP contribution in [0, 0.1) is 17.7 Å². The Morgan fingerprint density at radius 3 is 2.59 bits per heavy atom. The van der Waals surface area contributed by atoms with E-state index in [-0.39, 0.29) is 24.3 Å². The molecule has 176 valence electrons. The minimum absolute atomic E-state index is 0.0256. The summed E-state index contributed by atoms with van der Waals surface area (Å²) in [5.41, 5.74) is 1.06. The predicted molar refractivity (Wildman–Crippen MR) is 123 cm³/mol. The number of fused-ring (bicyclic) bond motifs is 2. The SMILES string of the molecule is CN(C)C(=O)CN=C(NCC(c1ccc(F)cc1)N1CCOCC1)NC1CC2CCC1C2. The van der Waals surface area contributed by atoms with Crippen molar-refractivity contribution in [2.45, 2.75) is 37.8 Å². The van der Waals surface area contributed by atoms with Crippen LogP contribution in [0.4, 0.5) is 4.39 Å². The van der Waals surface area contributed by atoms with Crippen LogP contribution < -0.4 is 10.6 Å². The van der Waals surface area contributed by atoms with Gasteiger partial charge in [-0.1, -0.05) is 18.6 Å². The van der Waals surface area contributed by atoms with Crippen molar-refractivity contribution in [2.24, 2.45) is 16.8 Å². The molecule has 2 N–H and O–H groups in total. The number of hydrogen-bond donors (Lipinski definition) is 2. The molecule has 8 heteroatoms. The van der Waals surface area contributed by atoms with E-state index in [2.05, 4.69) is 20.5 Å². The average Bonchev–Trinajstić information content (AvgIpc) is 3.42. The summed E-state index contributed by atoms with van der Waals surface area (Å²) in [6.45, 7) is 3.78.